The van der Waals surface area contributed by atoms with Gasteiger partial charge in [-0.15, -0.1) is 21.5 Å². The van der Waals surface area contributed by atoms with Gasteiger partial charge in [-0.3, -0.25) is 0 Å². The van der Waals surface area contributed by atoms with Gasteiger partial charge < -0.3 is 14.5 Å². The molecule has 4 aromatic rings. The normalized spacial score (nSPS) is 11.6. The first-order valence-electron chi connectivity index (χ1n) is 10.1. The van der Waals surface area contributed by atoms with E-state index in [0.717, 1.165) is 15.2 Å². The summed E-state index contributed by atoms with van der Waals surface area (Å²) in [5, 5.41) is 11.8. The quantitative estimate of drug-likeness (QED) is 0.457. The summed E-state index contributed by atoms with van der Waals surface area (Å²) in [6, 6.07) is 16.6. The molecule has 0 aliphatic carbocycles. The first-order chi connectivity index (χ1) is 14.9. The molecule has 0 atom stereocenters. The van der Waals surface area contributed by atoms with Gasteiger partial charge in [0.05, 0.1) is 16.6 Å². The zero-order valence-electron chi connectivity index (χ0n) is 17.7. The molecule has 1 amide bonds. The van der Waals surface area contributed by atoms with Crippen LogP contribution in [-0.2, 0) is 17.6 Å². The van der Waals surface area contributed by atoms with Crippen molar-refractivity contribution in [1.29, 1.82) is 0 Å². The van der Waals surface area contributed by atoms with Gasteiger partial charge in [-0.05, 0) is 44.0 Å². The number of aromatic nitrogens is 3. The molecule has 160 valence electrons. The van der Waals surface area contributed by atoms with Gasteiger partial charge in [-0.2, -0.15) is 0 Å². The molecule has 4 rings (SSSR count). The van der Waals surface area contributed by atoms with Gasteiger partial charge in [0.25, 0.3) is 0 Å². The molecule has 0 aliphatic rings. The molecule has 2 aromatic carbocycles. The summed E-state index contributed by atoms with van der Waals surface area (Å²) >= 11 is 1.62. The number of thiazole rings is 1. The zero-order chi connectivity index (χ0) is 21.8. The fourth-order valence-corrected chi connectivity index (χ4v) is 4.03. The van der Waals surface area contributed by atoms with Gasteiger partial charge >= 0.3 is 6.09 Å². The molecule has 31 heavy (non-hydrogen) atoms. The van der Waals surface area contributed by atoms with Crippen LogP contribution >= 0.6 is 11.3 Å². The highest BCUT2D eigenvalue weighted by atomic mass is 32.1. The minimum atomic E-state index is -0.527. The van der Waals surface area contributed by atoms with Crippen LogP contribution in [0.25, 0.3) is 21.3 Å². The average Bonchev–Trinajstić information content (AvgIpc) is 3.33. The second kappa shape index (κ2) is 8.85. The minimum Gasteiger partial charge on any atom is -0.444 e. The predicted molar refractivity (Wildman–Crippen MR) is 120 cm³/mol. The lowest BCUT2D eigenvalue weighted by atomic mass is 10.1. The maximum Gasteiger partial charge on any atom is 0.407 e. The Morgan fingerprint density at radius 3 is 2.61 bits per heavy atom. The first-order valence-corrected chi connectivity index (χ1v) is 10.9. The lowest BCUT2D eigenvalue weighted by Gasteiger charge is -2.19. The van der Waals surface area contributed by atoms with E-state index in [1.54, 1.807) is 11.3 Å². The Bertz CT molecular complexity index is 1180. The molecule has 0 bridgehead atoms. The van der Waals surface area contributed by atoms with Gasteiger partial charge in [0.15, 0.2) is 0 Å². The standard InChI is InChI=1S/C23H24N4O3S/c1-23(2,3)30-22(28)24-12-11-19-26-27-20(29-19)14-21-25-17-10-9-16(13-18(17)31-21)15-7-5-4-6-8-15/h4-10,13H,11-12,14H2,1-3H3,(H,24,28). The third-order valence-electron chi connectivity index (χ3n) is 4.36. The van der Waals surface area contributed by atoms with Crippen LogP contribution in [0.5, 0.6) is 0 Å². The number of nitrogens with one attached hydrogen (secondary N) is 1. The maximum atomic E-state index is 11.7. The van der Waals surface area contributed by atoms with E-state index >= 15 is 0 Å². The molecule has 8 heteroatoms. The van der Waals surface area contributed by atoms with Crippen molar-refractivity contribution in [3.63, 3.8) is 0 Å². The second-order valence-corrected chi connectivity index (χ2v) is 9.22. The summed E-state index contributed by atoms with van der Waals surface area (Å²) in [6.45, 7) is 5.82. The highest BCUT2D eigenvalue weighted by Crippen LogP contribution is 2.29. The van der Waals surface area contributed by atoms with E-state index in [4.69, 9.17) is 9.15 Å². The lowest BCUT2D eigenvalue weighted by molar-refractivity contribution is 0.0528. The van der Waals surface area contributed by atoms with Crippen molar-refractivity contribution in [3.05, 3.63) is 65.3 Å². The number of ether oxygens (including phenoxy) is 1. The molecule has 0 aliphatic heterocycles. The van der Waals surface area contributed by atoms with Crippen molar-refractivity contribution in [1.82, 2.24) is 20.5 Å². The Balaban J connectivity index is 1.36. The Kier molecular flexibility index (Phi) is 5.99. The van der Waals surface area contributed by atoms with Crippen LogP contribution in [0.3, 0.4) is 0 Å². The van der Waals surface area contributed by atoms with Gasteiger partial charge in [-0.1, -0.05) is 36.4 Å². The highest BCUT2D eigenvalue weighted by Gasteiger charge is 2.16. The summed E-state index contributed by atoms with van der Waals surface area (Å²) in [4.78, 5) is 16.4. The Hall–Kier alpha value is -3.26. The molecule has 1 N–H and O–H groups in total. The van der Waals surface area contributed by atoms with Crippen molar-refractivity contribution in [2.24, 2.45) is 0 Å². The van der Waals surface area contributed by atoms with Crippen LogP contribution < -0.4 is 5.32 Å². The number of fused-ring (bicyclic) bond motifs is 1. The fourth-order valence-electron chi connectivity index (χ4n) is 3.03. The molecule has 7 nitrogen and oxygen atoms in total. The molecule has 0 spiro atoms. The molecular weight excluding hydrogens is 412 g/mol. The molecule has 0 saturated carbocycles. The smallest absolute Gasteiger partial charge is 0.407 e. The molecule has 0 unspecified atom stereocenters. The van der Waals surface area contributed by atoms with Crippen molar-refractivity contribution >= 4 is 27.6 Å². The largest absolute Gasteiger partial charge is 0.444 e. The number of hydrogen-bond donors (Lipinski definition) is 1. The summed E-state index contributed by atoms with van der Waals surface area (Å²) in [5.41, 5.74) is 2.78. The van der Waals surface area contributed by atoms with Crippen LogP contribution in [0.15, 0.2) is 52.9 Å². The molecule has 0 radical (unpaired) electrons. The number of nitrogens with zero attached hydrogens (tertiary/aromatic N) is 3. The second-order valence-electron chi connectivity index (χ2n) is 8.10. The molecule has 2 heterocycles. The summed E-state index contributed by atoms with van der Waals surface area (Å²) in [5.74, 6) is 0.980. The van der Waals surface area contributed by atoms with Crippen LogP contribution in [0.1, 0.15) is 37.6 Å². The number of benzene rings is 2. The molecule has 0 saturated heterocycles. The molecule has 0 fully saturated rings. The van der Waals surface area contributed by atoms with Gasteiger partial charge in [0.2, 0.25) is 11.8 Å². The van der Waals surface area contributed by atoms with Gasteiger partial charge in [0, 0.05) is 13.0 Å². The summed E-state index contributed by atoms with van der Waals surface area (Å²) < 4.78 is 12.0. The van der Waals surface area contributed by atoms with E-state index in [1.165, 1.54) is 11.1 Å². The van der Waals surface area contributed by atoms with Crippen molar-refractivity contribution < 1.29 is 13.9 Å². The number of rotatable bonds is 6. The third-order valence-corrected chi connectivity index (χ3v) is 5.38. The molecule has 2 aromatic heterocycles. The van der Waals surface area contributed by atoms with Crippen molar-refractivity contribution in [3.8, 4) is 11.1 Å². The number of hydrogen-bond acceptors (Lipinski definition) is 7. The monoisotopic (exact) mass is 436 g/mol. The van der Waals surface area contributed by atoms with Crippen molar-refractivity contribution in [2.75, 3.05) is 6.54 Å². The summed E-state index contributed by atoms with van der Waals surface area (Å²) in [6.07, 6.45) is 0.454. The SMILES string of the molecule is CC(C)(C)OC(=O)NCCc1nnc(Cc2nc3ccc(-c4ccccc4)cc3s2)o1. The van der Waals surface area contributed by atoms with Gasteiger partial charge in [0.1, 0.15) is 10.6 Å². The fraction of sp³-hybridized carbons (Fsp3) is 0.304. The highest BCUT2D eigenvalue weighted by molar-refractivity contribution is 7.18. The molecular formula is C23H24N4O3S. The Morgan fingerprint density at radius 1 is 1.06 bits per heavy atom. The van der Waals surface area contributed by atoms with E-state index < -0.39 is 11.7 Å². The lowest BCUT2D eigenvalue weighted by Crippen LogP contribution is -2.33. The first kappa shape index (κ1) is 21.0. The summed E-state index contributed by atoms with van der Waals surface area (Å²) in [7, 11) is 0. The number of carbonyl (C=O) groups excluding carboxylic acids is 1. The average molecular weight is 437 g/mol. The minimum absolute atomic E-state index is 0.361. The predicted octanol–water partition coefficient (Wildman–Crippen LogP) is 5.00. The maximum absolute atomic E-state index is 11.7. The topological polar surface area (TPSA) is 90.1 Å². The van der Waals surface area contributed by atoms with Crippen LogP contribution in [0.2, 0.25) is 0 Å². The van der Waals surface area contributed by atoms with E-state index in [2.05, 4.69) is 44.8 Å². The van der Waals surface area contributed by atoms with E-state index in [9.17, 15) is 4.79 Å². The number of alkyl carbamates (subject to hydrolysis) is 1. The van der Waals surface area contributed by atoms with E-state index in [0.29, 0.717) is 31.2 Å². The van der Waals surface area contributed by atoms with Crippen LogP contribution in [0, 0.1) is 0 Å². The number of amides is 1. The Labute approximate surface area is 184 Å². The van der Waals surface area contributed by atoms with E-state index in [-0.39, 0.29) is 0 Å². The third kappa shape index (κ3) is 5.67. The number of carbonyl (C=O) groups is 1. The zero-order valence-corrected chi connectivity index (χ0v) is 18.5. The van der Waals surface area contributed by atoms with Gasteiger partial charge in [-0.25, -0.2) is 9.78 Å². The Morgan fingerprint density at radius 2 is 1.84 bits per heavy atom. The van der Waals surface area contributed by atoms with E-state index in [1.807, 2.05) is 45.0 Å². The van der Waals surface area contributed by atoms with Crippen LogP contribution in [0.4, 0.5) is 4.79 Å². The van der Waals surface area contributed by atoms with Crippen LogP contribution in [-0.4, -0.2) is 33.4 Å². The van der Waals surface area contributed by atoms with Crippen molar-refractivity contribution in [2.45, 2.75) is 39.2 Å².